The number of carbonyl (C=O) groups is 1. The number of anilines is 1. The Morgan fingerprint density at radius 3 is 2.35 bits per heavy atom. The van der Waals surface area contributed by atoms with Gasteiger partial charge in [-0.25, -0.2) is 0 Å². The molecule has 1 aromatic carbocycles. The Hall–Kier alpha value is -2.37. The highest BCUT2D eigenvalue weighted by atomic mass is 16.2. The number of nitrogens with one attached hydrogen (secondary N) is 1. The predicted octanol–water partition coefficient (Wildman–Crippen LogP) is 2.86. The summed E-state index contributed by atoms with van der Waals surface area (Å²) in [5.74, 6) is 2.17. The third kappa shape index (κ3) is 3.59. The van der Waals surface area contributed by atoms with Crippen LogP contribution in [0, 0.1) is 6.92 Å². The first-order valence-corrected chi connectivity index (χ1v) is 9.25. The average molecular weight is 355 g/mol. The summed E-state index contributed by atoms with van der Waals surface area (Å²) in [4.78, 5) is 21.6. The molecule has 1 aliphatic rings. The second kappa shape index (κ2) is 7.09. The molecular weight excluding hydrogens is 326 g/mol. The van der Waals surface area contributed by atoms with Gasteiger partial charge in [0.25, 0.3) is 0 Å². The molecule has 3 rings (SSSR count). The number of benzene rings is 1. The van der Waals surface area contributed by atoms with Gasteiger partial charge in [0.05, 0.1) is 5.41 Å². The number of aromatic amines is 1. The van der Waals surface area contributed by atoms with E-state index in [1.807, 2.05) is 37.7 Å². The van der Waals surface area contributed by atoms with Crippen molar-refractivity contribution < 1.29 is 4.79 Å². The normalized spacial score (nSPS) is 16.0. The van der Waals surface area contributed by atoms with E-state index in [0.717, 1.165) is 37.3 Å². The van der Waals surface area contributed by atoms with Crippen LogP contribution < -0.4 is 4.90 Å². The van der Waals surface area contributed by atoms with Gasteiger partial charge < -0.3 is 9.80 Å². The van der Waals surface area contributed by atoms with Crippen molar-refractivity contribution in [2.24, 2.45) is 0 Å². The summed E-state index contributed by atoms with van der Waals surface area (Å²) in [7, 11) is 3.86. The number of rotatable bonds is 4. The zero-order chi connectivity index (χ0) is 18.9. The van der Waals surface area contributed by atoms with Gasteiger partial charge in [0, 0.05) is 33.1 Å². The maximum atomic E-state index is 13.1. The summed E-state index contributed by atoms with van der Waals surface area (Å²) in [6.45, 7) is 7.62. The molecule has 140 valence electrons. The average Bonchev–Trinajstić information content (AvgIpc) is 3.12. The Balaban J connectivity index is 1.65. The summed E-state index contributed by atoms with van der Waals surface area (Å²) in [5.41, 5.74) is 1.77. The maximum absolute atomic E-state index is 13.1. The molecule has 6 nitrogen and oxygen atoms in total. The van der Waals surface area contributed by atoms with E-state index in [0.29, 0.717) is 11.9 Å². The smallest absolute Gasteiger partial charge is 0.244 e. The number of piperidine rings is 1. The van der Waals surface area contributed by atoms with Crippen LogP contribution in [0.5, 0.6) is 0 Å². The van der Waals surface area contributed by atoms with Gasteiger partial charge >= 0.3 is 0 Å². The number of amides is 1. The fourth-order valence-corrected chi connectivity index (χ4v) is 3.49. The fourth-order valence-electron chi connectivity index (χ4n) is 3.49. The first-order valence-electron chi connectivity index (χ1n) is 9.25. The lowest BCUT2D eigenvalue weighted by molar-refractivity contribution is -0.137. The molecule has 0 atom stereocenters. The molecule has 2 heterocycles. The van der Waals surface area contributed by atoms with Crippen molar-refractivity contribution in [3.8, 4) is 0 Å². The largest absolute Gasteiger partial charge is 0.346 e. The number of hydrogen-bond donors (Lipinski definition) is 1. The summed E-state index contributed by atoms with van der Waals surface area (Å²) in [6.07, 6.45) is 1.83. The van der Waals surface area contributed by atoms with Gasteiger partial charge in [-0.3, -0.25) is 9.89 Å². The number of nitrogens with zero attached hydrogens (tertiary/aromatic N) is 4. The minimum Gasteiger partial charge on any atom is -0.346 e. The molecule has 0 radical (unpaired) electrons. The minimum atomic E-state index is -0.509. The van der Waals surface area contributed by atoms with Crippen molar-refractivity contribution >= 4 is 11.9 Å². The van der Waals surface area contributed by atoms with Crippen LogP contribution in [0.3, 0.4) is 0 Å². The SMILES string of the molecule is Cc1ccc(C(C)(C)C(=O)N2CCC(c3nc(N(C)C)n[nH]3)CC2)cc1. The van der Waals surface area contributed by atoms with Crippen molar-refractivity contribution in [3.63, 3.8) is 0 Å². The first kappa shape index (κ1) is 18.4. The lowest BCUT2D eigenvalue weighted by Crippen LogP contribution is -2.46. The quantitative estimate of drug-likeness (QED) is 0.916. The van der Waals surface area contributed by atoms with Crippen LogP contribution in [-0.4, -0.2) is 53.2 Å². The van der Waals surface area contributed by atoms with E-state index in [-0.39, 0.29) is 5.91 Å². The monoisotopic (exact) mass is 355 g/mol. The highest BCUT2D eigenvalue weighted by Gasteiger charge is 2.36. The molecule has 26 heavy (non-hydrogen) atoms. The highest BCUT2D eigenvalue weighted by Crippen LogP contribution is 2.31. The van der Waals surface area contributed by atoms with Gasteiger partial charge in [-0.2, -0.15) is 4.98 Å². The Kier molecular flexibility index (Phi) is 5.03. The van der Waals surface area contributed by atoms with E-state index in [1.54, 1.807) is 0 Å². The zero-order valence-corrected chi connectivity index (χ0v) is 16.4. The molecule has 6 heteroatoms. The number of carbonyl (C=O) groups excluding carboxylic acids is 1. The Labute approximate surface area is 155 Å². The van der Waals surface area contributed by atoms with Crippen LogP contribution in [-0.2, 0) is 10.2 Å². The van der Waals surface area contributed by atoms with Gasteiger partial charge in [0.15, 0.2) is 0 Å². The van der Waals surface area contributed by atoms with Crippen molar-refractivity contribution in [1.82, 2.24) is 20.1 Å². The standard InChI is InChI=1S/C20H29N5O/c1-14-6-8-16(9-7-14)20(2,3)18(26)25-12-10-15(11-13-25)17-21-19(23-22-17)24(4)5/h6-9,15H,10-13H2,1-5H3,(H,21,22,23). The third-order valence-electron chi connectivity index (χ3n) is 5.37. The molecule has 0 bridgehead atoms. The van der Waals surface area contributed by atoms with Crippen LogP contribution in [0.4, 0.5) is 5.95 Å². The number of likely N-dealkylation sites (tertiary alicyclic amines) is 1. The molecule has 1 fully saturated rings. The van der Waals surface area contributed by atoms with E-state index >= 15 is 0 Å². The van der Waals surface area contributed by atoms with Gasteiger partial charge in [-0.15, -0.1) is 5.10 Å². The Morgan fingerprint density at radius 1 is 1.19 bits per heavy atom. The zero-order valence-electron chi connectivity index (χ0n) is 16.4. The minimum absolute atomic E-state index is 0.200. The van der Waals surface area contributed by atoms with Crippen molar-refractivity contribution in [2.75, 3.05) is 32.1 Å². The molecule has 0 unspecified atom stereocenters. The fraction of sp³-hybridized carbons (Fsp3) is 0.550. The van der Waals surface area contributed by atoms with Crippen LogP contribution in [0.25, 0.3) is 0 Å². The third-order valence-corrected chi connectivity index (χ3v) is 5.37. The van der Waals surface area contributed by atoms with Crippen LogP contribution in [0.15, 0.2) is 24.3 Å². The molecule has 0 saturated carbocycles. The van der Waals surface area contributed by atoms with Crippen molar-refractivity contribution in [3.05, 3.63) is 41.2 Å². The van der Waals surface area contributed by atoms with Crippen molar-refractivity contribution in [2.45, 2.75) is 44.9 Å². The van der Waals surface area contributed by atoms with E-state index in [4.69, 9.17) is 0 Å². The second-order valence-electron chi connectivity index (χ2n) is 7.97. The predicted molar refractivity (Wildman–Crippen MR) is 103 cm³/mol. The molecule has 1 saturated heterocycles. The topological polar surface area (TPSA) is 65.1 Å². The molecule has 0 aliphatic carbocycles. The lowest BCUT2D eigenvalue weighted by atomic mass is 9.82. The molecular formula is C20H29N5O. The van der Waals surface area contributed by atoms with Crippen LogP contribution in [0.2, 0.25) is 0 Å². The van der Waals surface area contributed by atoms with Gasteiger partial charge in [-0.1, -0.05) is 29.8 Å². The van der Waals surface area contributed by atoms with Crippen molar-refractivity contribution in [1.29, 1.82) is 0 Å². The Bertz CT molecular complexity index is 755. The summed E-state index contributed by atoms with van der Waals surface area (Å²) < 4.78 is 0. The Morgan fingerprint density at radius 2 is 1.81 bits per heavy atom. The van der Waals surface area contributed by atoms with Gasteiger partial charge in [0.1, 0.15) is 5.82 Å². The number of aryl methyl sites for hydroxylation is 1. The summed E-state index contributed by atoms with van der Waals surface area (Å²) in [6, 6.07) is 8.28. The number of aromatic nitrogens is 3. The van der Waals surface area contributed by atoms with Gasteiger partial charge in [-0.05, 0) is 39.2 Å². The van der Waals surface area contributed by atoms with E-state index in [1.165, 1.54) is 5.56 Å². The molecule has 1 aliphatic heterocycles. The van der Waals surface area contributed by atoms with E-state index in [2.05, 4.69) is 46.4 Å². The van der Waals surface area contributed by atoms with Crippen LogP contribution in [0.1, 0.15) is 49.6 Å². The summed E-state index contributed by atoms with van der Waals surface area (Å²) >= 11 is 0. The molecule has 1 amide bonds. The van der Waals surface area contributed by atoms with Crippen LogP contribution >= 0.6 is 0 Å². The van der Waals surface area contributed by atoms with Gasteiger partial charge in [0.2, 0.25) is 11.9 Å². The number of hydrogen-bond acceptors (Lipinski definition) is 4. The molecule has 2 aromatic rings. The maximum Gasteiger partial charge on any atom is 0.244 e. The number of H-pyrrole nitrogens is 1. The summed E-state index contributed by atoms with van der Waals surface area (Å²) in [5, 5.41) is 7.30. The van der Waals surface area contributed by atoms with E-state index < -0.39 is 5.41 Å². The first-order chi connectivity index (χ1) is 12.3. The highest BCUT2D eigenvalue weighted by molar-refractivity contribution is 5.87. The molecule has 1 aromatic heterocycles. The molecule has 1 N–H and O–H groups in total. The molecule has 0 spiro atoms. The van der Waals surface area contributed by atoms with E-state index in [9.17, 15) is 4.79 Å². The second-order valence-corrected chi connectivity index (χ2v) is 7.97. The lowest BCUT2D eigenvalue weighted by Gasteiger charge is -2.36.